The molecule has 9 nitrogen and oxygen atoms in total. The molecule has 1 aliphatic carbocycles. The average molecular weight is 479 g/mol. The fourth-order valence-corrected chi connectivity index (χ4v) is 4.84. The molecule has 3 fully saturated rings. The van der Waals surface area contributed by atoms with E-state index in [9.17, 15) is 14.4 Å². The molecule has 0 aromatic heterocycles. The van der Waals surface area contributed by atoms with Crippen molar-refractivity contribution in [3.63, 3.8) is 0 Å². The van der Waals surface area contributed by atoms with Gasteiger partial charge in [0.25, 0.3) is 5.91 Å². The molecule has 1 saturated carbocycles. The second kappa shape index (κ2) is 9.22. The van der Waals surface area contributed by atoms with Crippen molar-refractivity contribution in [3.8, 4) is 11.5 Å². The fraction of sp³-hybridized carbons (Fsp3) is 0.423. The molecule has 0 radical (unpaired) electrons. The number of urea groups is 1. The van der Waals surface area contributed by atoms with Crippen LogP contribution in [0.5, 0.6) is 11.5 Å². The van der Waals surface area contributed by atoms with E-state index in [1.54, 1.807) is 62.8 Å². The molecule has 35 heavy (non-hydrogen) atoms. The Kier molecular flexibility index (Phi) is 6.10. The maximum Gasteiger partial charge on any atom is 0.326 e. The molecule has 0 bridgehead atoms. The third-order valence-corrected chi connectivity index (χ3v) is 7.10. The molecule has 1 N–H and O–H groups in total. The van der Waals surface area contributed by atoms with Gasteiger partial charge in [0.05, 0.1) is 20.9 Å². The lowest BCUT2D eigenvalue weighted by Crippen LogP contribution is -2.53. The summed E-state index contributed by atoms with van der Waals surface area (Å²) in [5.74, 6) is 1.41. The predicted molar refractivity (Wildman–Crippen MR) is 128 cm³/mol. The molecule has 184 valence electrons. The van der Waals surface area contributed by atoms with E-state index in [0.29, 0.717) is 48.8 Å². The first kappa shape index (κ1) is 23.2. The van der Waals surface area contributed by atoms with Gasteiger partial charge in [0.2, 0.25) is 5.91 Å². The number of nitrogens with zero attached hydrogens (tertiary/aromatic N) is 3. The summed E-state index contributed by atoms with van der Waals surface area (Å²) in [6, 6.07) is 13.9. The van der Waals surface area contributed by atoms with Crippen LogP contribution >= 0.6 is 0 Å². The molecule has 4 amide bonds. The van der Waals surface area contributed by atoms with E-state index in [1.165, 1.54) is 4.90 Å². The number of carbonyl (C=O) groups excluding carboxylic acids is 3. The van der Waals surface area contributed by atoms with Crippen molar-refractivity contribution in [1.82, 2.24) is 20.0 Å². The molecular formula is C26H30N4O5. The maximum atomic E-state index is 14.0. The average Bonchev–Trinajstić information content (AvgIpc) is 3.72. The van der Waals surface area contributed by atoms with E-state index in [-0.39, 0.29) is 24.4 Å². The van der Waals surface area contributed by atoms with Crippen LogP contribution in [0.2, 0.25) is 0 Å². The molecule has 0 spiro atoms. The highest BCUT2D eigenvalue weighted by molar-refractivity contribution is 6.09. The van der Waals surface area contributed by atoms with Crippen molar-refractivity contribution in [3.05, 3.63) is 59.7 Å². The highest BCUT2D eigenvalue weighted by Crippen LogP contribution is 2.38. The molecular weight excluding hydrogens is 448 g/mol. The number of piperazine rings is 1. The van der Waals surface area contributed by atoms with Gasteiger partial charge in [-0.25, -0.2) is 9.69 Å². The number of carbonyl (C=O) groups is 3. The summed E-state index contributed by atoms with van der Waals surface area (Å²) < 4.78 is 10.6. The molecule has 3 aliphatic rings. The van der Waals surface area contributed by atoms with Crippen LogP contribution in [0.15, 0.2) is 48.5 Å². The monoisotopic (exact) mass is 478 g/mol. The van der Waals surface area contributed by atoms with Crippen molar-refractivity contribution < 1.29 is 23.9 Å². The molecule has 2 heterocycles. The Hall–Kier alpha value is -3.59. The van der Waals surface area contributed by atoms with Crippen molar-refractivity contribution >= 4 is 17.8 Å². The largest absolute Gasteiger partial charge is 0.497 e. The molecule has 0 atom stereocenters. The van der Waals surface area contributed by atoms with E-state index in [4.69, 9.17) is 9.47 Å². The van der Waals surface area contributed by atoms with Crippen LogP contribution in [0.4, 0.5) is 4.79 Å². The van der Waals surface area contributed by atoms with Crippen LogP contribution in [0.3, 0.4) is 0 Å². The normalized spacial score (nSPS) is 20.1. The lowest BCUT2D eigenvalue weighted by Gasteiger charge is -2.36. The topological polar surface area (TPSA) is 91.4 Å². The number of methoxy groups -OCH3 is 2. The van der Waals surface area contributed by atoms with Gasteiger partial charge in [-0.1, -0.05) is 24.3 Å². The van der Waals surface area contributed by atoms with Gasteiger partial charge in [0.15, 0.2) is 5.54 Å². The zero-order valence-corrected chi connectivity index (χ0v) is 20.0. The second-order valence-corrected chi connectivity index (χ2v) is 9.23. The summed E-state index contributed by atoms with van der Waals surface area (Å²) in [5, 5.41) is 2.98. The summed E-state index contributed by atoms with van der Waals surface area (Å²) >= 11 is 0. The molecule has 2 saturated heterocycles. The minimum absolute atomic E-state index is 0.171. The third kappa shape index (κ3) is 4.20. The van der Waals surface area contributed by atoms with E-state index in [2.05, 4.69) is 5.32 Å². The van der Waals surface area contributed by atoms with Gasteiger partial charge < -0.3 is 19.7 Å². The van der Waals surface area contributed by atoms with Crippen molar-refractivity contribution in [2.24, 2.45) is 5.92 Å². The smallest absolute Gasteiger partial charge is 0.326 e. The summed E-state index contributed by atoms with van der Waals surface area (Å²) in [6.07, 6.45) is 1.97. The Morgan fingerprint density at radius 3 is 1.86 bits per heavy atom. The number of nitrogens with one attached hydrogen (secondary N) is 1. The van der Waals surface area contributed by atoms with Crippen LogP contribution in [0.1, 0.15) is 24.0 Å². The van der Waals surface area contributed by atoms with Crippen LogP contribution in [0.25, 0.3) is 0 Å². The zero-order valence-electron chi connectivity index (χ0n) is 20.0. The Bertz CT molecular complexity index is 1060. The van der Waals surface area contributed by atoms with Gasteiger partial charge in [-0.3, -0.25) is 14.5 Å². The van der Waals surface area contributed by atoms with Gasteiger partial charge in [-0.2, -0.15) is 0 Å². The maximum absolute atomic E-state index is 14.0. The van der Waals surface area contributed by atoms with Gasteiger partial charge in [-0.05, 0) is 48.2 Å². The number of rotatable bonds is 7. The molecule has 5 rings (SSSR count). The number of imide groups is 1. The van der Waals surface area contributed by atoms with E-state index < -0.39 is 11.6 Å². The van der Waals surface area contributed by atoms with Gasteiger partial charge in [0.1, 0.15) is 11.5 Å². The van der Waals surface area contributed by atoms with Crippen LogP contribution in [-0.4, -0.2) is 79.6 Å². The molecule has 2 aromatic carbocycles. The third-order valence-electron chi connectivity index (χ3n) is 7.10. The lowest BCUT2D eigenvalue weighted by molar-refractivity contribution is -0.136. The summed E-state index contributed by atoms with van der Waals surface area (Å²) in [7, 11) is 3.16. The van der Waals surface area contributed by atoms with E-state index in [1.807, 2.05) is 9.80 Å². The Morgan fingerprint density at radius 1 is 0.886 bits per heavy atom. The minimum Gasteiger partial charge on any atom is -0.497 e. The fourth-order valence-electron chi connectivity index (χ4n) is 4.84. The molecule has 0 unspecified atom stereocenters. The quantitative estimate of drug-likeness (QED) is 0.613. The standard InChI is InChI=1S/C26H30N4O5/c1-34-21-9-5-19(6-10-21)26(20-7-11-22(35-2)12-8-20)24(32)30(25(33)27-26)17-28-13-15-29(16-14-28)23(31)18-3-4-18/h5-12,18H,3-4,13-17H2,1-2H3,(H,27,33). The summed E-state index contributed by atoms with van der Waals surface area (Å²) in [5.41, 5.74) is -0.0762. The highest BCUT2D eigenvalue weighted by atomic mass is 16.5. The number of hydrogen-bond acceptors (Lipinski definition) is 6. The van der Waals surface area contributed by atoms with E-state index in [0.717, 1.165) is 12.8 Å². The number of ether oxygens (including phenoxy) is 2. The first-order valence-corrected chi connectivity index (χ1v) is 11.9. The Balaban J connectivity index is 1.39. The van der Waals surface area contributed by atoms with Crippen molar-refractivity contribution in [2.75, 3.05) is 47.1 Å². The van der Waals surface area contributed by atoms with Crippen molar-refractivity contribution in [2.45, 2.75) is 18.4 Å². The van der Waals surface area contributed by atoms with Gasteiger partial charge >= 0.3 is 6.03 Å². The minimum atomic E-state index is -1.36. The molecule has 2 aromatic rings. The van der Waals surface area contributed by atoms with Crippen LogP contribution < -0.4 is 14.8 Å². The Morgan fingerprint density at radius 2 is 1.40 bits per heavy atom. The summed E-state index contributed by atoms with van der Waals surface area (Å²) in [6.45, 7) is 2.63. The SMILES string of the molecule is COc1ccc(C2(c3ccc(OC)cc3)NC(=O)N(CN3CCN(C(=O)C4CC4)CC3)C2=O)cc1. The highest BCUT2D eigenvalue weighted by Gasteiger charge is 2.54. The van der Waals surface area contributed by atoms with Crippen LogP contribution in [0, 0.1) is 5.92 Å². The molecule has 2 aliphatic heterocycles. The van der Waals surface area contributed by atoms with Crippen molar-refractivity contribution in [1.29, 1.82) is 0 Å². The van der Waals surface area contributed by atoms with Gasteiger partial charge in [-0.15, -0.1) is 0 Å². The number of benzene rings is 2. The number of hydrogen-bond donors (Lipinski definition) is 1. The first-order chi connectivity index (χ1) is 17.0. The summed E-state index contributed by atoms with van der Waals surface area (Å²) in [4.78, 5) is 44.8. The predicted octanol–water partition coefficient (Wildman–Crippen LogP) is 2.01. The van der Waals surface area contributed by atoms with Gasteiger partial charge in [0, 0.05) is 32.1 Å². The Labute approximate surface area is 204 Å². The zero-order chi connectivity index (χ0) is 24.6. The molecule has 9 heteroatoms. The van der Waals surface area contributed by atoms with Crippen LogP contribution in [-0.2, 0) is 15.1 Å². The second-order valence-electron chi connectivity index (χ2n) is 9.23. The lowest BCUT2D eigenvalue weighted by atomic mass is 9.82. The number of amides is 4. The van der Waals surface area contributed by atoms with E-state index >= 15 is 0 Å². The first-order valence-electron chi connectivity index (χ1n) is 11.9.